The van der Waals surface area contributed by atoms with Gasteiger partial charge < -0.3 is 5.32 Å². The van der Waals surface area contributed by atoms with Crippen molar-refractivity contribution in [1.82, 2.24) is 5.32 Å². The van der Waals surface area contributed by atoms with Gasteiger partial charge in [0.05, 0.1) is 0 Å². The van der Waals surface area contributed by atoms with E-state index in [1.54, 1.807) is 0 Å². The standard InChI is InChI=1S/C14H20ClN/c1-11(13-5-2-6-14(15)10-13)16-9-3-4-12-7-8-12/h2,5-6,10-12,16H,3-4,7-9H2,1H3. The van der Waals surface area contributed by atoms with Crippen molar-refractivity contribution in [2.24, 2.45) is 5.92 Å². The second-order valence-corrected chi connectivity index (χ2v) is 5.25. The second kappa shape index (κ2) is 5.70. The largest absolute Gasteiger partial charge is 0.310 e. The molecule has 2 heteroatoms. The summed E-state index contributed by atoms with van der Waals surface area (Å²) in [4.78, 5) is 0. The highest BCUT2D eigenvalue weighted by atomic mass is 35.5. The van der Waals surface area contributed by atoms with Gasteiger partial charge in [-0.1, -0.05) is 36.6 Å². The minimum Gasteiger partial charge on any atom is -0.310 e. The molecule has 1 unspecified atom stereocenters. The van der Waals surface area contributed by atoms with Crippen LogP contribution in [0.25, 0.3) is 0 Å². The van der Waals surface area contributed by atoms with Crippen molar-refractivity contribution in [3.8, 4) is 0 Å². The fraction of sp³-hybridized carbons (Fsp3) is 0.571. The lowest BCUT2D eigenvalue weighted by Gasteiger charge is -2.14. The first kappa shape index (κ1) is 11.9. The maximum Gasteiger partial charge on any atom is 0.0409 e. The topological polar surface area (TPSA) is 12.0 Å². The number of halogens is 1. The number of rotatable bonds is 6. The minimum atomic E-state index is 0.401. The Bertz CT molecular complexity index is 333. The summed E-state index contributed by atoms with van der Waals surface area (Å²) in [5.74, 6) is 1.04. The Morgan fingerprint density at radius 3 is 2.94 bits per heavy atom. The Kier molecular flexibility index (Phi) is 4.25. The molecule has 1 aromatic rings. The molecule has 0 spiro atoms. The molecule has 0 heterocycles. The fourth-order valence-electron chi connectivity index (χ4n) is 2.01. The van der Waals surface area contributed by atoms with Gasteiger partial charge in [-0.3, -0.25) is 0 Å². The summed E-state index contributed by atoms with van der Waals surface area (Å²) in [6.45, 7) is 3.31. The highest BCUT2D eigenvalue weighted by Crippen LogP contribution is 2.33. The molecular weight excluding hydrogens is 218 g/mol. The summed E-state index contributed by atoms with van der Waals surface area (Å²) in [5, 5.41) is 4.37. The first-order chi connectivity index (χ1) is 7.75. The summed E-state index contributed by atoms with van der Waals surface area (Å²) in [5.41, 5.74) is 1.28. The van der Waals surface area contributed by atoms with Gasteiger partial charge in [-0.15, -0.1) is 0 Å². The van der Waals surface area contributed by atoms with Crippen molar-refractivity contribution in [2.75, 3.05) is 6.54 Å². The average Bonchev–Trinajstić information content (AvgIpc) is 3.08. The Morgan fingerprint density at radius 1 is 1.44 bits per heavy atom. The normalized spacial score (nSPS) is 17.4. The van der Waals surface area contributed by atoms with Crippen molar-refractivity contribution in [2.45, 2.75) is 38.6 Å². The second-order valence-electron chi connectivity index (χ2n) is 4.82. The molecule has 1 N–H and O–H groups in total. The van der Waals surface area contributed by atoms with Crippen LogP contribution < -0.4 is 5.32 Å². The van der Waals surface area contributed by atoms with Crippen molar-refractivity contribution in [3.63, 3.8) is 0 Å². The zero-order chi connectivity index (χ0) is 11.4. The van der Waals surface area contributed by atoms with Crippen LogP contribution in [0.5, 0.6) is 0 Å². The third kappa shape index (κ3) is 3.80. The zero-order valence-corrected chi connectivity index (χ0v) is 10.6. The van der Waals surface area contributed by atoms with Gasteiger partial charge in [0.25, 0.3) is 0 Å². The molecule has 16 heavy (non-hydrogen) atoms. The Hall–Kier alpha value is -0.530. The summed E-state index contributed by atoms with van der Waals surface area (Å²) >= 11 is 5.97. The first-order valence-electron chi connectivity index (χ1n) is 6.24. The van der Waals surface area contributed by atoms with E-state index in [2.05, 4.69) is 18.3 Å². The van der Waals surface area contributed by atoms with Crippen molar-refractivity contribution >= 4 is 11.6 Å². The maximum absolute atomic E-state index is 5.97. The molecule has 1 atom stereocenters. The van der Waals surface area contributed by atoms with Crippen LogP contribution in [0.3, 0.4) is 0 Å². The van der Waals surface area contributed by atoms with E-state index in [-0.39, 0.29) is 0 Å². The maximum atomic E-state index is 5.97. The van der Waals surface area contributed by atoms with Crippen LogP contribution in [0.2, 0.25) is 5.02 Å². The predicted molar refractivity (Wildman–Crippen MR) is 69.8 cm³/mol. The molecule has 0 aliphatic heterocycles. The van der Waals surface area contributed by atoms with Crippen LogP contribution in [-0.2, 0) is 0 Å². The highest BCUT2D eigenvalue weighted by molar-refractivity contribution is 6.30. The third-order valence-electron chi connectivity index (χ3n) is 3.29. The van der Waals surface area contributed by atoms with Gasteiger partial charge in [-0.25, -0.2) is 0 Å². The van der Waals surface area contributed by atoms with E-state index in [1.165, 1.54) is 31.2 Å². The van der Waals surface area contributed by atoms with Crippen LogP contribution in [0.1, 0.15) is 44.2 Å². The van der Waals surface area contributed by atoms with E-state index in [9.17, 15) is 0 Å². The molecule has 1 aliphatic carbocycles. The van der Waals surface area contributed by atoms with Gasteiger partial charge in [0.1, 0.15) is 0 Å². The number of benzene rings is 1. The molecule has 0 radical (unpaired) electrons. The summed E-state index contributed by atoms with van der Waals surface area (Å²) < 4.78 is 0. The lowest BCUT2D eigenvalue weighted by Crippen LogP contribution is -2.19. The molecule has 0 aromatic heterocycles. The van der Waals surface area contributed by atoms with E-state index in [1.807, 2.05) is 18.2 Å². The van der Waals surface area contributed by atoms with Crippen molar-refractivity contribution in [1.29, 1.82) is 0 Å². The average molecular weight is 238 g/mol. The SMILES string of the molecule is CC(NCCCC1CC1)c1cccc(Cl)c1. The van der Waals surface area contributed by atoms with Crippen LogP contribution >= 0.6 is 11.6 Å². The van der Waals surface area contributed by atoms with Crippen LogP contribution in [0, 0.1) is 5.92 Å². The van der Waals surface area contributed by atoms with E-state index in [4.69, 9.17) is 11.6 Å². The predicted octanol–water partition coefficient (Wildman–Crippen LogP) is 4.18. The monoisotopic (exact) mass is 237 g/mol. The van der Waals surface area contributed by atoms with Crippen molar-refractivity contribution in [3.05, 3.63) is 34.9 Å². The number of hydrogen-bond donors (Lipinski definition) is 1. The summed E-state index contributed by atoms with van der Waals surface area (Å²) in [7, 11) is 0. The molecule has 0 amide bonds. The molecule has 1 fully saturated rings. The zero-order valence-electron chi connectivity index (χ0n) is 9.88. The van der Waals surface area contributed by atoms with Gasteiger partial charge >= 0.3 is 0 Å². The lowest BCUT2D eigenvalue weighted by atomic mass is 10.1. The molecule has 1 aromatic carbocycles. The highest BCUT2D eigenvalue weighted by Gasteiger charge is 2.20. The molecule has 1 aliphatic rings. The first-order valence-corrected chi connectivity index (χ1v) is 6.62. The van der Waals surface area contributed by atoms with Gasteiger partial charge in [0, 0.05) is 11.1 Å². The van der Waals surface area contributed by atoms with E-state index in [0.717, 1.165) is 17.5 Å². The summed E-state index contributed by atoms with van der Waals surface area (Å²) in [6.07, 6.45) is 5.62. The fourth-order valence-corrected chi connectivity index (χ4v) is 2.21. The molecular formula is C14H20ClN. The van der Waals surface area contributed by atoms with Gasteiger partial charge in [-0.2, -0.15) is 0 Å². The van der Waals surface area contributed by atoms with Crippen LogP contribution in [0.4, 0.5) is 0 Å². The minimum absolute atomic E-state index is 0.401. The quantitative estimate of drug-likeness (QED) is 0.732. The molecule has 1 saturated carbocycles. The van der Waals surface area contributed by atoms with Crippen LogP contribution in [0.15, 0.2) is 24.3 Å². The molecule has 2 rings (SSSR count). The Balaban J connectivity index is 1.71. The molecule has 1 nitrogen and oxygen atoms in total. The number of hydrogen-bond acceptors (Lipinski definition) is 1. The number of nitrogens with one attached hydrogen (secondary N) is 1. The van der Waals surface area contributed by atoms with E-state index >= 15 is 0 Å². The van der Waals surface area contributed by atoms with E-state index < -0.39 is 0 Å². The van der Waals surface area contributed by atoms with Crippen molar-refractivity contribution < 1.29 is 0 Å². The van der Waals surface area contributed by atoms with Gasteiger partial charge in [-0.05, 0) is 49.9 Å². The lowest BCUT2D eigenvalue weighted by molar-refractivity contribution is 0.533. The molecule has 0 saturated heterocycles. The van der Waals surface area contributed by atoms with Crippen LogP contribution in [-0.4, -0.2) is 6.54 Å². The van der Waals surface area contributed by atoms with Gasteiger partial charge in [0.15, 0.2) is 0 Å². The smallest absolute Gasteiger partial charge is 0.0409 e. The molecule has 0 bridgehead atoms. The van der Waals surface area contributed by atoms with Gasteiger partial charge in [0.2, 0.25) is 0 Å². The third-order valence-corrected chi connectivity index (χ3v) is 3.52. The summed E-state index contributed by atoms with van der Waals surface area (Å²) in [6, 6.07) is 8.51. The Morgan fingerprint density at radius 2 is 2.25 bits per heavy atom. The van der Waals surface area contributed by atoms with E-state index in [0.29, 0.717) is 6.04 Å². The molecule has 88 valence electrons. The Labute approximate surface area is 103 Å².